The lowest BCUT2D eigenvalue weighted by Crippen LogP contribution is -2.50. The van der Waals surface area contributed by atoms with E-state index in [1.807, 2.05) is 47.0 Å². The van der Waals surface area contributed by atoms with E-state index < -0.39 is 17.5 Å². The van der Waals surface area contributed by atoms with Crippen LogP contribution in [0.1, 0.15) is 58.4 Å². The van der Waals surface area contributed by atoms with Gasteiger partial charge >= 0.3 is 5.78 Å². The first-order valence-corrected chi connectivity index (χ1v) is 12.0. The molecule has 0 aliphatic carbocycles. The minimum atomic E-state index is -1.49. The Kier molecular flexibility index (Phi) is 5.00. The number of aromatic nitrogens is 5. The van der Waals surface area contributed by atoms with Gasteiger partial charge in [-0.15, -0.1) is 0 Å². The van der Waals surface area contributed by atoms with Crippen molar-refractivity contribution in [2.45, 2.75) is 51.6 Å². The molecule has 0 spiro atoms. The van der Waals surface area contributed by atoms with E-state index in [0.29, 0.717) is 29.3 Å². The first-order chi connectivity index (χ1) is 17.2. The zero-order chi connectivity index (χ0) is 25.5. The van der Waals surface area contributed by atoms with Crippen molar-refractivity contribution in [1.82, 2.24) is 24.1 Å². The maximum absolute atomic E-state index is 14.2. The maximum atomic E-state index is 14.2. The molecule has 1 saturated heterocycles. The monoisotopic (exact) mass is 495 g/mol. The number of benzene rings is 1. The summed E-state index contributed by atoms with van der Waals surface area (Å²) in [5, 5.41) is 4.72. The molecule has 4 aromatic rings. The van der Waals surface area contributed by atoms with Gasteiger partial charge in [0.2, 0.25) is 5.69 Å². The van der Waals surface area contributed by atoms with Gasteiger partial charge in [-0.25, -0.2) is 17.7 Å². The van der Waals surface area contributed by atoms with Gasteiger partial charge in [-0.2, -0.15) is 9.50 Å². The summed E-state index contributed by atoms with van der Waals surface area (Å²) in [6.07, 6.45) is 4.92. The Labute approximate surface area is 205 Å². The molecule has 5 heterocycles. The Balaban J connectivity index is 1.48. The van der Waals surface area contributed by atoms with Gasteiger partial charge in [0, 0.05) is 30.3 Å². The molecule has 7 nitrogen and oxygen atoms in total. The number of nitrogens with zero attached hydrogens (tertiary/aromatic N) is 6. The molecular formula is C26H26F3N6O+. The third-order valence-corrected chi connectivity index (χ3v) is 7.61. The van der Waals surface area contributed by atoms with Crippen LogP contribution in [0.3, 0.4) is 0 Å². The molecule has 0 saturated carbocycles. The van der Waals surface area contributed by atoms with E-state index in [1.165, 1.54) is 0 Å². The highest BCUT2D eigenvalue weighted by Gasteiger charge is 2.45. The summed E-state index contributed by atoms with van der Waals surface area (Å²) in [5.41, 5.74) is 4.50. The van der Waals surface area contributed by atoms with E-state index in [-0.39, 0.29) is 23.6 Å². The zero-order valence-corrected chi connectivity index (χ0v) is 20.5. The maximum Gasteiger partial charge on any atom is 0.404 e. The van der Waals surface area contributed by atoms with E-state index in [1.54, 1.807) is 11.7 Å². The van der Waals surface area contributed by atoms with Gasteiger partial charge in [0.1, 0.15) is 0 Å². The Morgan fingerprint density at radius 2 is 1.86 bits per heavy atom. The van der Waals surface area contributed by atoms with Crippen LogP contribution in [-0.2, 0) is 20.5 Å². The van der Waals surface area contributed by atoms with Crippen LogP contribution in [0.2, 0.25) is 0 Å². The van der Waals surface area contributed by atoms with Crippen molar-refractivity contribution in [2.75, 3.05) is 0 Å². The first-order valence-electron chi connectivity index (χ1n) is 12.0. The standard InChI is InChI=1S/C26H26F3N6O/c1-13-8-9-32(3)26-30-14(2)23(34(13)26)25(36)35-16-6-5-7-20(35)22-17(12-16)24(33(4)31-22)15-10-18(27)21(29)19(28)11-15/h8-11,16,20H,5-7,12H2,1-4H3/q+1. The minimum absolute atomic E-state index is 0.0930. The summed E-state index contributed by atoms with van der Waals surface area (Å²) >= 11 is 0. The Bertz CT molecular complexity index is 1550. The summed E-state index contributed by atoms with van der Waals surface area (Å²) in [4.78, 5) is 20.7. The molecule has 3 aromatic heterocycles. The highest BCUT2D eigenvalue weighted by molar-refractivity contribution is 5.95. The zero-order valence-electron chi connectivity index (χ0n) is 20.5. The number of amides is 1. The summed E-state index contributed by atoms with van der Waals surface area (Å²) in [5.74, 6) is -3.37. The molecule has 1 aromatic carbocycles. The molecule has 10 heteroatoms. The largest absolute Gasteiger partial charge is 0.404 e. The minimum Gasteiger partial charge on any atom is -0.324 e. The van der Waals surface area contributed by atoms with E-state index in [4.69, 9.17) is 5.10 Å². The number of carbonyl (C=O) groups is 1. The first kappa shape index (κ1) is 22.8. The van der Waals surface area contributed by atoms with E-state index in [2.05, 4.69) is 4.98 Å². The molecule has 36 heavy (non-hydrogen) atoms. The molecule has 2 unspecified atom stereocenters. The van der Waals surface area contributed by atoms with Crippen molar-refractivity contribution in [2.24, 2.45) is 14.1 Å². The third kappa shape index (κ3) is 3.12. The molecule has 6 rings (SSSR count). The number of carbonyl (C=O) groups excluding carboxylic acids is 1. The molecule has 186 valence electrons. The summed E-state index contributed by atoms with van der Waals surface area (Å²) in [7, 11) is 3.61. The fourth-order valence-electron chi connectivity index (χ4n) is 6.02. The van der Waals surface area contributed by atoms with E-state index in [9.17, 15) is 18.0 Å². The number of hydrogen-bond acceptors (Lipinski definition) is 3. The Hall–Kier alpha value is -3.69. The van der Waals surface area contributed by atoms with Crippen molar-refractivity contribution < 1.29 is 22.5 Å². The number of rotatable bonds is 2. The van der Waals surface area contributed by atoms with Gasteiger partial charge in [0.25, 0.3) is 5.91 Å². The van der Waals surface area contributed by atoms with Gasteiger partial charge in [-0.3, -0.25) is 9.48 Å². The number of imidazole rings is 1. The molecule has 2 atom stereocenters. The number of halogens is 3. The molecular weight excluding hydrogens is 469 g/mol. The number of piperidine rings is 1. The van der Waals surface area contributed by atoms with Crippen LogP contribution in [0.5, 0.6) is 0 Å². The SMILES string of the molecule is Cc1nc2n(c(C)cc[n+]2C)c1C(=O)N1C2CCCC1c1nn(C)c(-c3cc(F)c(F)c(F)c3)c1C2. The van der Waals surface area contributed by atoms with Gasteiger partial charge in [0.05, 0.1) is 36.4 Å². The lowest BCUT2D eigenvalue weighted by atomic mass is 9.81. The van der Waals surface area contributed by atoms with E-state index >= 15 is 0 Å². The number of fused-ring (bicyclic) bond motifs is 5. The van der Waals surface area contributed by atoms with Gasteiger partial charge in [-0.1, -0.05) is 4.98 Å². The average molecular weight is 496 g/mol. The van der Waals surface area contributed by atoms with Crippen molar-refractivity contribution in [1.29, 1.82) is 0 Å². The predicted molar refractivity (Wildman–Crippen MR) is 125 cm³/mol. The fourth-order valence-corrected chi connectivity index (χ4v) is 6.02. The molecule has 0 N–H and O–H groups in total. The predicted octanol–water partition coefficient (Wildman–Crippen LogP) is 3.89. The van der Waals surface area contributed by atoms with E-state index in [0.717, 1.165) is 48.3 Å². The van der Waals surface area contributed by atoms with Crippen LogP contribution in [0.4, 0.5) is 13.2 Å². The normalized spacial score (nSPS) is 19.1. The van der Waals surface area contributed by atoms with Crippen LogP contribution in [0.25, 0.3) is 17.0 Å². The second kappa shape index (κ2) is 7.91. The van der Waals surface area contributed by atoms with Crippen LogP contribution in [-0.4, -0.2) is 36.0 Å². The number of aryl methyl sites for hydroxylation is 4. The van der Waals surface area contributed by atoms with Crippen molar-refractivity contribution >= 4 is 11.7 Å². The Morgan fingerprint density at radius 1 is 1.14 bits per heavy atom. The average Bonchev–Trinajstić information content (AvgIpc) is 3.36. The van der Waals surface area contributed by atoms with Crippen molar-refractivity contribution in [3.05, 3.63) is 70.2 Å². The van der Waals surface area contributed by atoms with Crippen molar-refractivity contribution in [3.8, 4) is 11.3 Å². The molecule has 2 aliphatic rings. The molecule has 1 amide bonds. The lowest BCUT2D eigenvalue weighted by Gasteiger charge is -2.45. The van der Waals surface area contributed by atoms with Crippen LogP contribution in [0, 0.1) is 31.3 Å². The van der Waals surface area contributed by atoms with Gasteiger partial charge in [0.15, 0.2) is 23.1 Å². The highest BCUT2D eigenvalue weighted by atomic mass is 19.2. The fraction of sp³-hybridized carbons (Fsp3) is 0.385. The molecule has 2 bridgehead atoms. The molecule has 2 aliphatic heterocycles. The van der Waals surface area contributed by atoms with Crippen LogP contribution < -0.4 is 4.57 Å². The summed E-state index contributed by atoms with van der Waals surface area (Å²) in [6, 6.07) is 3.61. The van der Waals surface area contributed by atoms with Crippen molar-refractivity contribution in [3.63, 3.8) is 0 Å². The second-order valence-electron chi connectivity index (χ2n) is 9.86. The van der Waals surface area contributed by atoms with Crippen LogP contribution >= 0.6 is 0 Å². The molecule has 1 fully saturated rings. The van der Waals surface area contributed by atoms with Gasteiger partial charge < -0.3 is 4.90 Å². The number of hydrogen-bond donors (Lipinski definition) is 0. The van der Waals surface area contributed by atoms with Crippen LogP contribution in [0.15, 0.2) is 24.4 Å². The summed E-state index contributed by atoms with van der Waals surface area (Å²) in [6.45, 7) is 3.80. The highest BCUT2D eigenvalue weighted by Crippen LogP contribution is 2.45. The second-order valence-corrected chi connectivity index (χ2v) is 9.86. The smallest absolute Gasteiger partial charge is 0.324 e. The van der Waals surface area contributed by atoms with Gasteiger partial charge in [-0.05, 0) is 51.7 Å². The lowest BCUT2D eigenvalue weighted by molar-refractivity contribution is -0.650. The quantitative estimate of drug-likeness (QED) is 0.313. The molecule has 0 radical (unpaired) electrons. The third-order valence-electron chi connectivity index (χ3n) is 7.61. The Morgan fingerprint density at radius 3 is 2.58 bits per heavy atom. The topological polar surface area (TPSA) is 59.3 Å². The summed E-state index contributed by atoms with van der Waals surface area (Å²) < 4.78 is 47.1.